The summed E-state index contributed by atoms with van der Waals surface area (Å²) in [7, 11) is 1.84. The van der Waals surface area contributed by atoms with Gasteiger partial charge in [-0.2, -0.15) is 0 Å². The largest absolute Gasteiger partial charge is 0.316 e. The van der Waals surface area contributed by atoms with Crippen LogP contribution in [-0.4, -0.2) is 39.0 Å². The van der Waals surface area contributed by atoms with E-state index < -0.39 is 0 Å². The molecule has 0 bridgehead atoms. The lowest BCUT2D eigenvalue weighted by Crippen LogP contribution is -2.37. The van der Waals surface area contributed by atoms with Crippen LogP contribution in [0.1, 0.15) is 12.8 Å². The van der Waals surface area contributed by atoms with Crippen molar-refractivity contribution in [1.82, 2.24) is 25.3 Å². The van der Waals surface area contributed by atoms with Crippen LogP contribution in [0.5, 0.6) is 0 Å². The molecule has 1 amide bonds. The lowest BCUT2D eigenvalue weighted by Gasteiger charge is -2.21. The van der Waals surface area contributed by atoms with Crippen molar-refractivity contribution in [2.75, 3.05) is 18.4 Å². The summed E-state index contributed by atoms with van der Waals surface area (Å²) in [5.41, 5.74) is 1.81. The second kappa shape index (κ2) is 6.60. The molecule has 25 heavy (non-hydrogen) atoms. The SMILES string of the molecule is Cn1cc(-c2ccc3cnc(NC(=O)C4CCCNC4)cc3c2)nn1. The van der Waals surface area contributed by atoms with Gasteiger partial charge < -0.3 is 10.6 Å². The van der Waals surface area contributed by atoms with Crippen molar-refractivity contribution in [2.45, 2.75) is 12.8 Å². The van der Waals surface area contributed by atoms with Gasteiger partial charge in [-0.3, -0.25) is 9.48 Å². The molecule has 0 spiro atoms. The zero-order valence-electron chi connectivity index (χ0n) is 14.1. The van der Waals surface area contributed by atoms with Crippen LogP contribution in [0.2, 0.25) is 0 Å². The monoisotopic (exact) mass is 336 g/mol. The van der Waals surface area contributed by atoms with Crippen molar-refractivity contribution in [2.24, 2.45) is 13.0 Å². The van der Waals surface area contributed by atoms with Gasteiger partial charge >= 0.3 is 0 Å². The number of aryl methyl sites for hydroxylation is 1. The van der Waals surface area contributed by atoms with E-state index in [2.05, 4.69) is 25.9 Å². The molecular weight excluding hydrogens is 316 g/mol. The van der Waals surface area contributed by atoms with Crippen molar-refractivity contribution in [3.05, 3.63) is 36.7 Å². The van der Waals surface area contributed by atoms with E-state index >= 15 is 0 Å². The lowest BCUT2D eigenvalue weighted by molar-refractivity contribution is -0.120. The molecule has 128 valence electrons. The predicted molar refractivity (Wildman–Crippen MR) is 96.0 cm³/mol. The fourth-order valence-electron chi connectivity index (χ4n) is 3.15. The van der Waals surface area contributed by atoms with Gasteiger partial charge in [0.15, 0.2) is 0 Å². The molecule has 1 aliphatic heterocycles. The minimum atomic E-state index is 0.0113. The Morgan fingerprint density at radius 1 is 1.32 bits per heavy atom. The molecule has 7 heteroatoms. The highest BCUT2D eigenvalue weighted by molar-refractivity contribution is 5.95. The number of fused-ring (bicyclic) bond motifs is 1. The minimum Gasteiger partial charge on any atom is -0.316 e. The first kappa shape index (κ1) is 15.7. The van der Waals surface area contributed by atoms with E-state index in [-0.39, 0.29) is 11.8 Å². The molecule has 1 aliphatic rings. The van der Waals surface area contributed by atoms with E-state index in [0.717, 1.165) is 48.0 Å². The number of rotatable bonds is 3. The number of carbonyl (C=O) groups excluding carboxylic acids is 1. The van der Waals surface area contributed by atoms with Gasteiger partial charge in [-0.25, -0.2) is 4.98 Å². The van der Waals surface area contributed by atoms with Crippen LogP contribution in [0, 0.1) is 5.92 Å². The Kier molecular flexibility index (Phi) is 4.15. The molecule has 3 heterocycles. The Morgan fingerprint density at radius 3 is 3.00 bits per heavy atom. The van der Waals surface area contributed by atoms with Crippen LogP contribution in [-0.2, 0) is 11.8 Å². The summed E-state index contributed by atoms with van der Waals surface area (Å²) in [5, 5.41) is 16.4. The zero-order chi connectivity index (χ0) is 17.2. The van der Waals surface area contributed by atoms with E-state index in [9.17, 15) is 4.79 Å². The molecule has 7 nitrogen and oxygen atoms in total. The van der Waals surface area contributed by atoms with Crippen molar-refractivity contribution in [3.63, 3.8) is 0 Å². The minimum absolute atomic E-state index is 0.0113. The van der Waals surface area contributed by atoms with E-state index in [1.54, 1.807) is 10.9 Å². The number of hydrogen-bond acceptors (Lipinski definition) is 5. The molecule has 0 saturated carbocycles. The third kappa shape index (κ3) is 3.36. The first-order chi connectivity index (χ1) is 12.2. The number of aromatic nitrogens is 4. The quantitative estimate of drug-likeness (QED) is 0.764. The zero-order valence-corrected chi connectivity index (χ0v) is 14.1. The van der Waals surface area contributed by atoms with Crippen LogP contribution >= 0.6 is 0 Å². The summed E-state index contributed by atoms with van der Waals surface area (Å²) < 4.78 is 1.68. The second-order valence-electron chi connectivity index (χ2n) is 6.44. The van der Waals surface area contributed by atoms with Crippen LogP contribution < -0.4 is 10.6 Å². The third-order valence-electron chi connectivity index (χ3n) is 4.54. The number of pyridine rings is 1. The average Bonchev–Trinajstić information content (AvgIpc) is 3.08. The van der Waals surface area contributed by atoms with Crippen molar-refractivity contribution in [1.29, 1.82) is 0 Å². The van der Waals surface area contributed by atoms with E-state index in [1.165, 1.54) is 0 Å². The van der Waals surface area contributed by atoms with Gasteiger partial charge in [0, 0.05) is 30.7 Å². The Morgan fingerprint density at radius 2 is 2.24 bits per heavy atom. The number of amides is 1. The molecule has 0 aliphatic carbocycles. The summed E-state index contributed by atoms with van der Waals surface area (Å²) in [6, 6.07) is 7.95. The van der Waals surface area contributed by atoms with E-state index in [4.69, 9.17) is 0 Å². The normalized spacial score (nSPS) is 17.6. The van der Waals surface area contributed by atoms with Crippen molar-refractivity contribution >= 4 is 22.5 Å². The van der Waals surface area contributed by atoms with E-state index in [1.807, 2.05) is 37.5 Å². The number of carbonyl (C=O) groups is 1. The molecule has 1 fully saturated rings. The van der Waals surface area contributed by atoms with Crippen LogP contribution in [0.25, 0.3) is 22.0 Å². The highest BCUT2D eigenvalue weighted by atomic mass is 16.2. The Labute approximate surface area is 145 Å². The number of anilines is 1. The van der Waals surface area contributed by atoms with Gasteiger partial charge in [0.05, 0.1) is 12.1 Å². The highest BCUT2D eigenvalue weighted by Crippen LogP contribution is 2.24. The number of nitrogens with one attached hydrogen (secondary N) is 2. The fourth-order valence-corrected chi connectivity index (χ4v) is 3.15. The number of benzene rings is 1. The standard InChI is InChI=1S/C18H20N6O/c1-24-11-16(22-23-24)12-4-5-13-10-20-17(8-15(13)7-12)21-18(25)14-3-2-6-19-9-14/h4-5,7-8,10-11,14,19H,2-3,6,9H2,1H3,(H,20,21,25). The summed E-state index contributed by atoms with van der Waals surface area (Å²) in [4.78, 5) is 16.7. The van der Waals surface area contributed by atoms with Crippen molar-refractivity contribution < 1.29 is 4.79 Å². The molecule has 1 saturated heterocycles. The van der Waals surface area contributed by atoms with Crippen LogP contribution in [0.4, 0.5) is 5.82 Å². The lowest BCUT2D eigenvalue weighted by atomic mass is 9.99. The topological polar surface area (TPSA) is 84.7 Å². The maximum Gasteiger partial charge on any atom is 0.229 e. The molecule has 4 rings (SSSR count). The number of hydrogen-bond donors (Lipinski definition) is 2. The first-order valence-corrected chi connectivity index (χ1v) is 8.47. The number of nitrogens with zero attached hydrogens (tertiary/aromatic N) is 4. The molecule has 2 aromatic heterocycles. The van der Waals surface area contributed by atoms with Gasteiger partial charge in [-0.1, -0.05) is 17.3 Å². The molecule has 1 aromatic carbocycles. The fraction of sp³-hybridized carbons (Fsp3) is 0.333. The average molecular weight is 336 g/mol. The maximum absolute atomic E-state index is 12.4. The predicted octanol–water partition coefficient (Wildman–Crippen LogP) is 1.97. The van der Waals surface area contributed by atoms with Gasteiger partial charge in [0.1, 0.15) is 11.5 Å². The number of piperidine rings is 1. The third-order valence-corrected chi connectivity index (χ3v) is 4.54. The van der Waals surface area contributed by atoms with Gasteiger partial charge in [0.25, 0.3) is 0 Å². The Bertz CT molecular complexity index is 913. The molecule has 2 N–H and O–H groups in total. The smallest absolute Gasteiger partial charge is 0.229 e. The van der Waals surface area contributed by atoms with Crippen LogP contribution in [0.3, 0.4) is 0 Å². The van der Waals surface area contributed by atoms with Gasteiger partial charge in [0.2, 0.25) is 5.91 Å². The van der Waals surface area contributed by atoms with E-state index in [0.29, 0.717) is 5.82 Å². The molecule has 1 atom stereocenters. The molecular formula is C18H20N6O. The summed E-state index contributed by atoms with van der Waals surface area (Å²) in [6.07, 6.45) is 5.61. The van der Waals surface area contributed by atoms with Gasteiger partial charge in [-0.15, -0.1) is 5.10 Å². The highest BCUT2D eigenvalue weighted by Gasteiger charge is 2.21. The first-order valence-electron chi connectivity index (χ1n) is 8.47. The second-order valence-corrected chi connectivity index (χ2v) is 6.44. The summed E-state index contributed by atoms with van der Waals surface area (Å²) in [5.74, 6) is 0.626. The van der Waals surface area contributed by atoms with Crippen molar-refractivity contribution in [3.8, 4) is 11.3 Å². The van der Waals surface area contributed by atoms with Gasteiger partial charge in [-0.05, 0) is 36.9 Å². The summed E-state index contributed by atoms with van der Waals surface area (Å²) in [6.45, 7) is 1.72. The maximum atomic E-state index is 12.4. The van der Waals surface area contributed by atoms with Crippen LogP contribution in [0.15, 0.2) is 36.7 Å². The Hall–Kier alpha value is -2.80. The molecule has 1 unspecified atom stereocenters. The molecule has 0 radical (unpaired) electrons. The Balaban J connectivity index is 1.59. The molecule has 3 aromatic rings. The summed E-state index contributed by atoms with van der Waals surface area (Å²) >= 11 is 0.